The molecule has 0 amide bonds. The Morgan fingerprint density at radius 3 is 3.00 bits per heavy atom. The van der Waals surface area contributed by atoms with Crippen molar-refractivity contribution in [2.24, 2.45) is 0 Å². The molecule has 0 radical (unpaired) electrons. The Bertz CT molecular complexity index is 593. The molecule has 1 saturated carbocycles. The summed E-state index contributed by atoms with van der Waals surface area (Å²) in [7, 11) is 0. The van der Waals surface area contributed by atoms with Crippen LogP contribution in [-0.2, 0) is 5.88 Å². The van der Waals surface area contributed by atoms with Gasteiger partial charge in [0.1, 0.15) is 5.82 Å². The fraction of sp³-hybridized carbons (Fsp3) is 0.533. The van der Waals surface area contributed by atoms with Gasteiger partial charge in [-0.1, -0.05) is 12.5 Å². The Hall–Kier alpha value is -0.670. The topological polar surface area (TPSA) is 17.8 Å². The molecule has 1 aromatic heterocycles. The van der Waals surface area contributed by atoms with Crippen molar-refractivity contribution in [3.05, 3.63) is 29.6 Å². The summed E-state index contributed by atoms with van der Waals surface area (Å²) in [5.41, 5.74) is 3.58. The van der Waals surface area contributed by atoms with Crippen molar-refractivity contribution in [2.75, 3.05) is 6.26 Å². The molecule has 1 aliphatic carbocycles. The van der Waals surface area contributed by atoms with E-state index in [0.717, 1.165) is 11.3 Å². The van der Waals surface area contributed by atoms with E-state index in [9.17, 15) is 0 Å². The quantitative estimate of drug-likeness (QED) is 0.774. The first-order chi connectivity index (χ1) is 9.24. The van der Waals surface area contributed by atoms with E-state index in [1.54, 1.807) is 0 Å². The van der Waals surface area contributed by atoms with E-state index in [-0.39, 0.29) is 0 Å². The zero-order valence-corrected chi connectivity index (χ0v) is 13.0. The zero-order chi connectivity index (χ0) is 13.4. The number of benzene rings is 1. The predicted octanol–water partition coefficient (Wildman–Crippen LogP) is 4.54. The van der Waals surface area contributed by atoms with Gasteiger partial charge in [0.15, 0.2) is 0 Å². The van der Waals surface area contributed by atoms with E-state index in [4.69, 9.17) is 16.6 Å². The second kappa shape index (κ2) is 5.37. The minimum atomic E-state index is 0.491. The third kappa shape index (κ3) is 2.27. The van der Waals surface area contributed by atoms with Gasteiger partial charge in [0.25, 0.3) is 0 Å². The lowest BCUT2D eigenvalue weighted by atomic mass is 10.2. The molecule has 0 spiro atoms. The number of imidazole rings is 1. The van der Waals surface area contributed by atoms with E-state index < -0.39 is 0 Å². The van der Waals surface area contributed by atoms with Crippen molar-refractivity contribution in [1.82, 2.24) is 9.55 Å². The van der Waals surface area contributed by atoms with Gasteiger partial charge in [0, 0.05) is 11.3 Å². The molecule has 1 aliphatic rings. The largest absolute Gasteiger partial charge is 0.323 e. The highest BCUT2D eigenvalue weighted by atomic mass is 35.5. The highest BCUT2D eigenvalue weighted by molar-refractivity contribution is 7.99. The first-order valence-corrected chi connectivity index (χ1v) is 8.63. The number of fused-ring (bicyclic) bond motifs is 1. The predicted molar refractivity (Wildman–Crippen MR) is 84.2 cm³/mol. The first-order valence-electron chi connectivity index (χ1n) is 6.81. The molecule has 2 nitrogen and oxygen atoms in total. The van der Waals surface area contributed by atoms with E-state index in [1.165, 1.54) is 30.3 Å². The van der Waals surface area contributed by atoms with Crippen LogP contribution in [0, 0.1) is 6.92 Å². The van der Waals surface area contributed by atoms with Crippen LogP contribution in [0.5, 0.6) is 0 Å². The first kappa shape index (κ1) is 13.3. The van der Waals surface area contributed by atoms with Gasteiger partial charge in [-0.3, -0.25) is 0 Å². The van der Waals surface area contributed by atoms with Crippen molar-refractivity contribution in [3.63, 3.8) is 0 Å². The van der Waals surface area contributed by atoms with E-state index in [2.05, 4.69) is 35.9 Å². The number of rotatable bonds is 3. The summed E-state index contributed by atoms with van der Waals surface area (Å²) in [6, 6.07) is 7.08. The van der Waals surface area contributed by atoms with E-state index in [1.807, 2.05) is 11.8 Å². The van der Waals surface area contributed by atoms with Crippen LogP contribution in [-0.4, -0.2) is 21.1 Å². The van der Waals surface area contributed by atoms with Gasteiger partial charge >= 0.3 is 0 Å². The number of halogens is 1. The van der Waals surface area contributed by atoms with Crippen molar-refractivity contribution in [2.45, 2.75) is 43.4 Å². The molecule has 0 aliphatic heterocycles. The molecule has 19 heavy (non-hydrogen) atoms. The van der Waals surface area contributed by atoms with Crippen LogP contribution in [0.3, 0.4) is 0 Å². The monoisotopic (exact) mass is 294 g/mol. The Balaban J connectivity index is 2.15. The standard InChI is InChI=1S/C15H19ClN2S/c1-10-6-7-12-11(8-10)17-15(9-16)18(12)13-4-3-5-14(13)19-2/h6-8,13-14H,3-5,9H2,1-2H3. The third-order valence-corrected chi connectivity index (χ3v) is 5.48. The lowest BCUT2D eigenvalue weighted by Crippen LogP contribution is -2.17. The molecule has 2 atom stereocenters. The highest BCUT2D eigenvalue weighted by Gasteiger charge is 2.30. The van der Waals surface area contributed by atoms with Crippen LogP contribution in [0.15, 0.2) is 18.2 Å². The van der Waals surface area contributed by atoms with Crippen LogP contribution in [0.1, 0.15) is 36.7 Å². The summed E-state index contributed by atoms with van der Waals surface area (Å²) in [5.74, 6) is 1.51. The molecule has 1 heterocycles. The normalized spacial score (nSPS) is 23.3. The average Bonchev–Trinajstić information content (AvgIpc) is 3.00. The number of aromatic nitrogens is 2. The molecule has 2 aromatic rings. The van der Waals surface area contributed by atoms with Crippen molar-refractivity contribution >= 4 is 34.4 Å². The minimum Gasteiger partial charge on any atom is -0.323 e. The van der Waals surface area contributed by atoms with Crippen molar-refractivity contribution < 1.29 is 0 Å². The number of nitrogens with zero attached hydrogens (tertiary/aromatic N) is 2. The summed E-state index contributed by atoms with van der Waals surface area (Å²) >= 11 is 8.10. The summed E-state index contributed by atoms with van der Waals surface area (Å²) < 4.78 is 2.40. The number of hydrogen-bond acceptors (Lipinski definition) is 2. The molecule has 2 unspecified atom stereocenters. The second-order valence-electron chi connectivity index (χ2n) is 5.30. The summed E-state index contributed by atoms with van der Waals surface area (Å²) in [4.78, 5) is 4.73. The molecular weight excluding hydrogens is 276 g/mol. The molecule has 1 fully saturated rings. The molecule has 0 saturated heterocycles. The third-order valence-electron chi connectivity index (χ3n) is 4.09. The summed E-state index contributed by atoms with van der Waals surface area (Å²) in [5, 5.41) is 0.695. The number of alkyl halides is 1. The highest BCUT2D eigenvalue weighted by Crippen LogP contribution is 2.40. The molecule has 0 bridgehead atoms. The van der Waals surface area contributed by atoms with Gasteiger partial charge in [-0.15, -0.1) is 11.6 Å². The molecule has 0 N–H and O–H groups in total. The van der Waals surface area contributed by atoms with Crippen LogP contribution in [0.2, 0.25) is 0 Å². The second-order valence-corrected chi connectivity index (χ2v) is 6.64. The Kier molecular flexibility index (Phi) is 3.77. The average molecular weight is 295 g/mol. The van der Waals surface area contributed by atoms with Crippen molar-refractivity contribution in [3.8, 4) is 0 Å². The molecule has 1 aromatic carbocycles. The van der Waals surface area contributed by atoms with E-state index >= 15 is 0 Å². The van der Waals surface area contributed by atoms with Crippen LogP contribution < -0.4 is 0 Å². The van der Waals surface area contributed by atoms with E-state index in [0.29, 0.717) is 17.2 Å². The zero-order valence-electron chi connectivity index (χ0n) is 11.4. The fourth-order valence-electron chi connectivity index (χ4n) is 3.20. The number of hydrogen-bond donors (Lipinski definition) is 0. The van der Waals surface area contributed by atoms with Gasteiger partial charge in [0.05, 0.1) is 16.9 Å². The van der Waals surface area contributed by atoms with Gasteiger partial charge < -0.3 is 4.57 Å². The summed E-state index contributed by atoms with van der Waals surface area (Å²) in [6.07, 6.45) is 6.07. The Labute approximate surface area is 123 Å². The number of thioether (sulfide) groups is 1. The van der Waals surface area contributed by atoms with Crippen LogP contribution in [0.4, 0.5) is 0 Å². The van der Waals surface area contributed by atoms with Gasteiger partial charge in [-0.05, 0) is 43.7 Å². The van der Waals surface area contributed by atoms with Gasteiger partial charge in [-0.2, -0.15) is 11.8 Å². The maximum Gasteiger partial charge on any atom is 0.125 e. The lowest BCUT2D eigenvalue weighted by Gasteiger charge is -2.22. The maximum absolute atomic E-state index is 6.12. The summed E-state index contributed by atoms with van der Waals surface area (Å²) in [6.45, 7) is 2.11. The maximum atomic E-state index is 6.12. The molecule has 3 rings (SSSR count). The minimum absolute atomic E-state index is 0.491. The Morgan fingerprint density at radius 2 is 2.26 bits per heavy atom. The fourth-order valence-corrected chi connectivity index (χ4v) is 4.36. The number of aryl methyl sites for hydroxylation is 1. The molecule has 102 valence electrons. The van der Waals surface area contributed by atoms with Crippen molar-refractivity contribution in [1.29, 1.82) is 0 Å². The van der Waals surface area contributed by atoms with Crippen LogP contribution in [0.25, 0.3) is 11.0 Å². The van der Waals surface area contributed by atoms with Gasteiger partial charge in [-0.25, -0.2) is 4.98 Å². The smallest absolute Gasteiger partial charge is 0.125 e. The molecule has 4 heteroatoms. The SMILES string of the molecule is CSC1CCCC1n1c(CCl)nc2cc(C)ccc21. The Morgan fingerprint density at radius 1 is 1.42 bits per heavy atom. The van der Waals surface area contributed by atoms with Gasteiger partial charge in [0.2, 0.25) is 0 Å². The van der Waals surface area contributed by atoms with Crippen LogP contribution >= 0.6 is 23.4 Å². The molecular formula is C15H19ClN2S. The lowest BCUT2D eigenvalue weighted by molar-refractivity contribution is 0.528.